The molecule has 1 aromatic heterocycles. The molecule has 0 saturated carbocycles. The summed E-state index contributed by atoms with van der Waals surface area (Å²) in [6.45, 7) is 1.80. The summed E-state index contributed by atoms with van der Waals surface area (Å²) < 4.78 is 13.3. The van der Waals surface area contributed by atoms with E-state index in [4.69, 9.17) is 14.5 Å². The summed E-state index contributed by atoms with van der Waals surface area (Å²) in [4.78, 5) is 38.0. The van der Waals surface area contributed by atoms with Gasteiger partial charge in [-0.3, -0.25) is 14.2 Å². The predicted octanol–water partition coefficient (Wildman–Crippen LogP) is 6.12. The van der Waals surface area contributed by atoms with Gasteiger partial charge in [0.05, 0.1) is 41.4 Å². The highest BCUT2D eigenvalue weighted by atomic mass is 32.2. The van der Waals surface area contributed by atoms with Crippen molar-refractivity contribution in [3.8, 4) is 11.5 Å². The Kier molecular flexibility index (Phi) is 7.75. The minimum atomic E-state index is -0.785. The lowest BCUT2D eigenvalue weighted by Gasteiger charge is -2.29. The van der Waals surface area contributed by atoms with E-state index in [-0.39, 0.29) is 11.5 Å². The number of allylic oxidation sites excluding steroid dienone is 1. The van der Waals surface area contributed by atoms with Gasteiger partial charge in [-0.05, 0) is 67.1 Å². The first-order valence-corrected chi connectivity index (χ1v) is 16.2. The molecule has 1 N–H and O–H groups in total. The minimum Gasteiger partial charge on any atom is -0.497 e. The number of para-hydroxylation sites is 2. The first-order chi connectivity index (χ1) is 22.4. The number of carbonyl (C=O) groups excluding carboxylic acids is 1. The van der Waals surface area contributed by atoms with Gasteiger partial charge in [0.15, 0.2) is 4.80 Å². The van der Waals surface area contributed by atoms with Crippen molar-refractivity contribution in [1.82, 2.24) is 4.57 Å². The molecule has 0 spiro atoms. The summed E-state index contributed by atoms with van der Waals surface area (Å²) in [7, 11) is 5.21. The zero-order valence-electron chi connectivity index (χ0n) is 25.6. The Hall–Kier alpha value is -5.06. The summed E-state index contributed by atoms with van der Waals surface area (Å²) in [5, 5.41) is 2.99. The predicted molar refractivity (Wildman–Crippen MR) is 183 cm³/mol. The molecule has 0 aliphatic carbocycles. The van der Waals surface area contributed by atoms with E-state index in [1.165, 1.54) is 16.2 Å². The number of methoxy groups -OCH3 is 2. The SMILES string of the molecule is COc1ccc([C@@H]2C(C(=O)Nc3ccccc3)=C(C)N=c3s/c(=C/c4ccc5c(c4)Sc4ccccc4N5C)c(=O)n32)c(OC)c1. The fourth-order valence-electron chi connectivity index (χ4n) is 5.87. The molecule has 1 atom stereocenters. The summed E-state index contributed by atoms with van der Waals surface area (Å²) in [5.74, 6) is 0.748. The number of thiazole rings is 1. The van der Waals surface area contributed by atoms with Gasteiger partial charge in [0.2, 0.25) is 0 Å². The molecule has 5 aromatic rings. The number of carbonyl (C=O) groups is 1. The molecule has 0 radical (unpaired) electrons. The van der Waals surface area contributed by atoms with Crippen molar-refractivity contribution in [2.75, 3.05) is 31.5 Å². The molecule has 0 fully saturated rings. The van der Waals surface area contributed by atoms with Crippen molar-refractivity contribution in [2.45, 2.75) is 22.8 Å². The summed E-state index contributed by atoms with van der Waals surface area (Å²) >= 11 is 3.02. The lowest BCUT2D eigenvalue weighted by Crippen LogP contribution is -2.40. The molecule has 46 heavy (non-hydrogen) atoms. The van der Waals surface area contributed by atoms with Crippen molar-refractivity contribution < 1.29 is 14.3 Å². The highest BCUT2D eigenvalue weighted by molar-refractivity contribution is 7.99. The minimum absolute atomic E-state index is 0.239. The summed E-state index contributed by atoms with van der Waals surface area (Å²) in [6, 6.07) is 28.4. The van der Waals surface area contributed by atoms with Crippen LogP contribution in [0.15, 0.2) is 122 Å². The Bertz CT molecular complexity index is 2220. The fourth-order valence-corrected chi connectivity index (χ4v) is 8.11. The number of fused-ring (bicyclic) bond motifs is 3. The van der Waals surface area contributed by atoms with Crippen LogP contribution in [0.4, 0.5) is 17.1 Å². The van der Waals surface area contributed by atoms with Crippen LogP contribution in [0, 0.1) is 0 Å². The Morgan fingerprint density at radius 2 is 1.67 bits per heavy atom. The van der Waals surface area contributed by atoms with Gasteiger partial charge in [0, 0.05) is 34.2 Å². The number of hydrogen-bond acceptors (Lipinski definition) is 8. The zero-order valence-corrected chi connectivity index (χ0v) is 27.2. The lowest BCUT2D eigenvalue weighted by atomic mass is 9.94. The molecular formula is C36H30N4O4S2. The van der Waals surface area contributed by atoms with Gasteiger partial charge in [-0.2, -0.15) is 0 Å². The third kappa shape index (κ3) is 5.19. The topological polar surface area (TPSA) is 85.2 Å². The first kappa shape index (κ1) is 29.6. The van der Waals surface area contributed by atoms with E-state index in [0.717, 1.165) is 21.8 Å². The highest BCUT2D eigenvalue weighted by Crippen LogP contribution is 2.47. The summed E-state index contributed by atoms with van der Waals surface area (Å²) in [6.07, 6.45) is 1.90. The van der Waals surface area contributed by atoms with E-state index >= 15 is 0 Å². The van der Waals surface area contributed by atoms with E-state index in [1.807, 2.05) is 60.7 Å². The normalized spacial score (nSPS) is 15.4. The Morgan fingerprint density at radius 3 is 2.46 bits per heavy atom. The van der Waals surface area contributed by atoms with Crippen LogP contribution >= 0.6 is 23.1 Å². The Labute approximate surface area is 274 Å². The number of rotatable bonds is 6. The number of nitrogens with one attached hydrogen (secondary N) is 1. The van der Waals surface area contributed by atoms with Crippen molar-refractivity contribution in [3.05, 3.63) is 133 Å². The number of ether oxygens (including phenoxy) is 2. The third-order valence-electron chi connectivity index (χ3n) is 8.12. The van der Waals surface area contributed by atoms with E-state index in [0.29, 0.717) is 43.4 Å². The molecule has 2 aliphatic heterocycles. The van der Waals surface area contributed by atoms with Gasteiger partial charge in [0.25, 0.3) is 11.5 Å². The van der Waals surface area contributed by atoms with Crippen molar-refractivity contribution in [1.29, 1.82) is 0 Å². The zero-order chi connectivity index (χ0) is 31.9. The second-order valence-corrected chi connectivity index (χ2v) is 13.0. The van der Waals surface area contributed by atoms with Crippen LogP contribution in [0.5, 0.6) is 11.5 Å². The number of benzene rings is 4. The van der Waals surface area contributed by atoms with Gasteiger partial charge in [0.1, 0.15) is 17.5 Å². The maximum atomic E-state index is 14.3. The molecule has 0 saturated heterocycles. The molecular weight excluding hydrogens is 617 g/mol. The number of nitrogens with zero attached hydrogens (tertiary/aromatic N) is 3. The van der Waals surface area contributed by atoms with Crippen molar-refractivity contribution >= 4 is 52.1 Å². The number of hydrogen-bond donors (Lipinski definition) is 1. The van der Waals surface area contributed by atoms with Crippen LogP contribution in [0.3, 0.4) is 0 Å². The standard InChI is InChI=1S/C36H30N4O4S2/c1-21-32(34(41)38-23-10-6-5-7-11-23)33(25-16-15-24(43-3)20-28(25)44-4)40-35(42)31(46-36(40)37-21)19-22-14-17-27-30(18-22)45-29-13-9-8-12-26(29)39(27)2/h5-20,33H,1-4H3,(H,38,41)/b31-19+/t33-/m1/s1. The molecule has 3 heterocycles. The number of amides is 1. The quantitative estimate of drug-likeness (QED) is 0.239. The maximum Gasteiger partial charge on any atom is 0.271 e. The van der Waals surface area contributed by atoms with Gasteiger partial charge in [-0.25, -0.2) is 4.99 Å². The van der Waals surface area contributed by atoms with E-state index in [1.54, 1.807) is 49.6 Å². The van der Waals surface area contributed by atoms with Crippen LogP contribution in [0.1, 0.15) is 24.1 Å². The molecule has 0 bridgehead atoms. The van der Waals surface area contributed by atoms with Gasteiger partial charge in [-0.15, -0.1) is 0 Å². The van der Waals surface area contributed by atoms with Gasteiger partial charge < -0.3 is 19.7 Å². The maximum absolute atomic E-state index is 14.3. The number of aromatic nitrogens is 1. The molecule has 230 valence electrons. The van der Waals surface area contributed by atoms with Crippen LogP contribution < -0.4 is 34.6 Å². The van der Waals surface area contributed by atoms with Gasteiger partial charge >= 0.3 is 0 Å². The monoisotopic (exact) mass is 646 g/mol. The third-order valence-corrected chi connectivity index (χ3v) is 10.2. The van der Waals surface area contributed by atoms with E-state index in [9.17, 15) is 9.59 Å². The molecule has 7 rings (SSSR count). The fraction of sp³-hybridized carbons (Fsp3) is 0.139. The van der Waals surface area contributed by atoms with Crippen molar-refractivity contribution in [2.24, 2.45) is 4.99 Å². The van der Waals surface area contributed by atoms with E-state index in [2.05, 4.69) is 41.5 Å². The Morgan fingerprint density at radius 1 is 0.913 bits per heavy atom. The molecule has 4 aromatic carbocycles. The smallest absolute Gasteiger partial charge is 0.271 e. The van der Waals surface area contributed by atoms with Crippen LogP contribution in [-0.4, -0.2) is 31.7 Å². The van der Waals surface area contributed by atoms with Gasteiger partial charge in [-0.1, -0.05) is 59.5 Å². The highest BCUT2D eigenvalue weighted by Gasteiger charge is 2.34. The van der Waals surface area contributed by atoms with E-state index < -0.39 is 6.04 Å². The van der Waals surface area contributed by atoms with Crippen LogP contribution in [0.2, 0.25) is 0 Å². The molecule has 10 heteroatoms. The lowest BCUT2D eigenvalue weighted by molar-refractivity contribution is -0.113. The Balaban J connectivity index is 1.35. The van der Waals surface area contributed by atoms with Crippen LogP contribution in [0.25, 0.3) is 6.08 Å². The second-order valence-electron chi connectivity index (χ2n) is 10.9. The molecule has 1 amide bonds. The largest absolute Gasteiger partial charge is 0.497 e. The average molecular weight is 647 g/mol. The summed E-state index contributed by atoms with van der Waals surface area (Å²) in [5.41, 5.74) is 5.11. The van der Waals surface area contributed by atoms with Crippen LogP contribution in [-0.2, 0) is 4.79 Å². The molecule has 8 nitrogen and oxygen atoms in total. The first-order valence-electron chi connectivity index (χ1n) is 14.6. The molecule has 2 aliphatic rings. The average Bonchev–Trinajstić information content (AvgIpc) is 3.37. The second kappa shape index (κ2) is 12.0. The number of anilines is 3. The molecule has 0 unspecified atom stereocenters. The van der Waals surface area contributed by atoms with Crippen molar-refractivity contribution in [3.63, 3.8) is 0 Å².